The monoisotopic (exact) mass is 708 g/mol. The second-order valence-corrected chi connectivity index (χ2v) is 15.5. The first-order chi connectivity index (χ1) is 19.4. The van der Waals surface area contributed by atoms with Crippen LogP contribution in [0.2, 0.25) is 19.6 Å². The van der Waals surface area contributed by atoms with E-state index in [2.05, 4.69) is 66.9 Å². The van der Waals surface area contributed by atoms with Crippen LogP contribution in [-0.2, 0) is 20.1 Å². The van der Waals surface area contributed by atoms with Crippen molar-refractivity contribution in [3.8, 4) is 22.5 Å². The van der Waals surface area contributed by atoms with Crippen LogP contribution in [0, 0.1) is 32.8 Å². The first kappa shape index (κ1) is 24.7. The van der Waals surface area contributed by atoms with E-state index in [4.69, 9.17) is 8.53 Å². The van der Waals surface area contributed by atoms with Crippen LogP contribution in [0.25, 0.3) is 44.5 Å². The smallest absolute Gasteiger partial charge is 0.120 e. The third-order valence-electron chi connectivity index (χ3n) is 6.53. The average molecular weight is 708 g/mol. The zero-order valence-corrected chi connectivity index (χ0v) is 26.1. The second kappa shape index (κ2) is 11.8. The number of nitrogens with zero attached hydrogens (tertiary/aromatic N) is 2. The third-order valence-corrected chi connectivity index (χ3v) is 8.54. The summed E-state index contributed by atoms with van der Waals surface area (Å²) in [4.78, 5) is 8.73. The van der Waals surface area contributed by atoms with Crippen molar-refractivity contribution in [2.75, 3.05) is 0 Å². The standard InChI is InChI=1S/C22H22NOSi.C12H10N.Ir/c1-14-12-18(23-13-15(14)2)16-10-11-20(25(3,4)5)21-17-8-6-7-9-19(17)24-22(16)21;1-10-7-8-13-12(9-10)11-5-3-2-4-6-11;/h6-9,11-13H,1-5H3;2-5,7-9H,1H3;/q2*-1;/i2D3;;. The van der Waals surface area contributed by atoms with Crippen LogP contribution in [0.3, 0.4) is 0 Å². The Kier molecular flexibility index (Phi) is 7.45. The quantitative estimate of drug-likeness (QED) is 0.137. The summed E-state index contributed by atoms with van der Waals surface area (Å²) >= 11 is 0. The van der Waals surface area contributed by atoms with Gasteiger partial charge in [-0.2, -0.15) is 0 Å². The largest absolute Gasteiger partial charge is 0.501 e. The van der Waals surface area contributed by atoms with Gasteiger partial charge in [0.05, 0.1) is 5.58 Å². The molecule has 3 heterocycles. The van der Waals surface area contributed by atoms with Gasteiger partial charge in [-0.05, 0) is 49.8 Å². The molecular formula is C34H32IrN2OSi-2. The van der Waals surface area contributed by atoms with E-state index in [1.54, 1.807) is 6.92 Å². The number of fused-ring (bicyclic) bond motifs is 3. The Balaban J connectivity index is 0.000000243. The fraction of sp³-hybridized carbons (Fsp3) is 0.176. The maximum absolute atomic E-state index is 7.66. The van der Waals surface area contributed by atoms with Gasteiger partial charge in [0.15, 0.2) is 0 Å². The Hall–Kier alpha value is -3.37. The molecule has 0 saturated heterocycles. The van der Waals surface area contributed by atoms with Crippen molar-refractivity contribution < 1.29 is 28.6 Å². The maximum Gasteiger partial charge on any atom is 0.120 e. The molecule has 39 heavy (non-hydrogen) atoms. The summed E-state index contributed by atoms with van der Waals surface area (Å²) in [5.41, 5.74) is 7.29. The average Bonchev–Trinajstić information content (AvgIpc) is 3.32. The zero-order valence-electron chi connectivity index (χ0n) is 25.7. The van der Waals surface area contributed by atoms with Crippen molar-refractivity contribution >= 4 is 35.2 Å². The van der Waals surface area contributed by atoms with Gasteiger partial charge in [0.1, 0.15) is 5.58 Å². The molecule has 3 aromatic carbocycles. The van der Waals surface area contributed by atoms with Gasteiger partial charge in [0.2, 0.25) is 0 Å². The van der Waals surface area contributed by atoms with Gasteiger partial charge >= 0.3 is 0 Å². The van der Waals surface area contributed by atoms with Crippen molar-refractivity contribution in [2.45, 2.75) is 40.3 Å². The number of hydrogen-bond donors (Lipinski definition) is 0. The van der Waals surface area contributed by atoms with Crippen molar-refractivity contribution in [1.29, 1.82) is 0 Å². The van der Waals surface area contributed by atoms with Gasteiger partial charge in [-0.25, -0.2) is 0 Å². The summed E-state index contributed by atoms with van der Waals surface area (Å²) < 4.78 is 29.2. The number of para-hydroxylation sites is 1. The third kappa shape index (κ3) is 6.12. The number of rotatable bonds is 3. The summed E-state index contributed by atoms with van der Waals surface area (Å²) in [6, 6.07) is 30.4. The minimum atomic E-state index is -2.17. The predicted molar refractivity (Wildman–Crippen MR) is 161 cm³/mol. The summed E-state index contributed by atoms with van der Waals surface area (Å²) in [6.45, 7) is 8.63. The predicted octanol–water partition coefficient (Wildman–Crippen LogP) is 8.46. The van der Waals surface area contributed by atoms with Crippen LogP contribution >= 0.6 is 0 Å². The molecule has 6 rings (SSSR count). The number of benzene rings is 3. The van der Waals surface area contributed by atoms with E-state index < -0.39 is 14.9 Å². The summed E-state index contributed by atoms with van der Waals surface area (Å²) in [6.07, 6.45) is 3.28. The number of furan rings is 1. The number of aromatic nitrogens is 2. The molecule has 3 nitrogen and oxygen atoms in total. The molecular weight excluding hydrogens is 673 g/mol. The molecule has 0 aliphatic heterocycles. The summed E-state index contributed by atoms with van der Waals surface area (Å²) in [5, 5.41) is 3.52. The van der Waals surface area contributed by atoms with Gasteiger partial charge in [0.25, 0.3) is 0 Å². The molecule has 0 aliphatic rings. The molecule has 0 bridgehead atoms. The van der Waals surface area contributed by atoms with E-state index in [9.17, 15) is 0 Å². The second-order valence-electron chi connectivity index (χ2n) is 10.5. The SMILES string of the molecule is Cc1ccnc(-c2[c-]cccc2)c1.[2H]C([2H])([2H])c1cnc(-c2[c-]cc([Si](C)(C)C)c3c2oc2ccccc23)cc1C.[Ir]. The van der Waals surface area contributed by atoms with Gasteiger partial charge in [-0.1, -0.05) is 72.0 Å². The molecule has 1 radical (unpaired) electrons. The molecule has 0 spiro atoms. The van der Waals surface area contributed by atoms with Crippen LogP contribution in [0.15, 0.2) is 89.6 Å². The van der Waals surface area contributed by atoms with Gasteiger partial charge in [-0.3, -0.25) is 0 Å². The molecule has 3 aromatic heterocycles. The Bertz CT molecular complexity index is 1840. The van der Waals surface area contributed by atoms with Crippen molar-refractivity contribution in [1.82, 2.24) is 9.97 Å². The van der Waals surface area contributed by atoms with Gasteiger partial charge in [0, 0.05) is 50.1 Å². The van der Waals surface area contributed by atoms with E-state index in [-0.39, 0.29) is 25.7 Å². The first-order valence-corrected chi connectivity index (χ1v) is 16.2. The van der Waals surface area contributed by atoms with Gasteiger partial charge in [-0.15, -0.1) is 53.2 Å². The Morgan fingerprint density at radius 1 is 0.872 bits per heavy atom. The van der Waals surface area contributed by atoms with Crippen LogP contribution in [0.4, 0.5) is 0 Å². The zero-order chi connectivity index (χ0) is 29.4. The summed E-state index contributed by atoms with van der Waals surface area (Å²) in [7, 11) is -1.63. The molecule has 0 saturated carbocycles. The van der Waals surface area contributed by atoms with Crippen LogP contribution in [0.5, 0.6) is 0 Å². The van der Waals surface area contributed by atoms with Gasteiger partial charge < -0.3 is 14.4 Å². The Morgan fingerprint density at radius 2 is 1.67 bits per heavy atom. The first-order valence-electron chi connectivity index (χ1n) is 14.2. The minimum absolute atomic E-state index is 0. The van der Waals surface area contributed by atoms with E-state index >= 15 is 0 Å². The maximum atomic E-state index is 7.66. The van der Waals surface area contributed by atoms with Crippen molar-refractivity contribution in [3.05, 3.63) is 114 Å². The molecule has 5 heteroatoms. The molecule has 0 amide bonds. The summed E-state index contributed by atoms with van der Waals surface area (Å²) in [5.74, 6) is 0. The number of hydrogen-bond acceptors (Lipinski definition) is 3. The number of aryl methyl sites for hydroxylation is 3. The molecule has 0 fully saturated rings. The Labute approximate surface area is 249 Å². The number of pyridine rings is 2. The molecule has 0 atom stereocenters. The van der Waals surface area contributed by atoms with Crippen molar-refractivity contribution in [3.63, 3.8) is 0 Å². The van der Waals surface area contributed by atoms with Crippen LogP contribution < -0.4 is 5.19 Å². The van der Waals surface area contributed by atoms with E-state index in [0.717, 1.165) is 38.8 Å². The van der Waals surface area contributed by atoms with E-state index in [1.165, 1.54) is 16.9 Å². The van der Waals surface area contributed by atoms with Crippen molar-refractivity contribution in [2.24, 2.45) is 0 Å². The van der Waals surface area contributed by atoms with Crippen LogP contribution in [0.1, 0.15) is 20.8 Å². The van der Waals surface area contributed by atoms with E-state index in [0.29, 0.717) is 11.3 Å². The molecule has 199 valence electrons. The molecule has 0 unspecified atom stereocenters. The normalized spacial score (nSPS) is 12.6. The molecule has 6 aromatic rings. The fourth-order valence-corrected chi connectivity index (χ4v) is 5.98. The van der Waals surface area contributed by atoms with Crippen LogP contribution in [-0.4, -0.2) is 18.0 Å². The van der Waals surface area contributed by atoms with E-state index in [1.807, 2.05) is 60.8 Å². The Morgan fingerprint density at radius 3 is 2.36 bits per heavy atom. The fourth-order valence-electron chi connectivity index (χ4n) is 4.48. The molecule has 0 N–H and O–H groups in total. The molecule has 0 aliphatic carbocycles. The minimum Gasteiger partial charge on any atom is -0.501 e. The topological polar surface area (TPSA) is 38.9 Å².